The molecule has 0 saturated carbocycles. The van der Waals surface area contributed by atoms with Crippen LogP contribution in [0.5, 0.6) is 0 Å². The van der Waals surface area contributed by atoms with Crippen LogP contribution in [-0.2, 0) is 18.3 Å². The average Bonchev–Trinajstić information content (AvgIpc) is 2.93. The van der Waals surface area contributed by atoms with Crippen LogP contribution >= 0.6 is 0 Å². The predicted molar refractivity (Wildman–Crippen MR) is 89.3 cm³/mol. The zero-order valence-electron chi connectivity index (χ0n) is 12.9. The van der Waals surface area contributed by atoms with Gasteiger partial charge in [0.2, 0.25) is 11.5 Å². The fourth-order valence-corrected chi connectivity index (χ4v) is 2.43. The number of H-pyrrole nitrogens is 1. The number of nitrogens with zero attached hydrogens (tertiary/aromatic N) is 2. The summed E-state index contributed by atoms with van der Waals surface area (Å²) in [5, 5.41) is 2.79. The summed E-state index contributed by atoms with van der Waals surface area (Å²) in [5.74, 6) is 0.820. The van der Waals surface area contributed by atoms with Gasteiger partial charge in [0.15, 0.2) is 0 Å². The standard InChI is InChI=1S/C17H18N4O2/c1-21-11-12(9-10-17(21)23)18-16(22)8-4-7-15-19-13-5-2-3-6-14(13)20-15/h2-3,5-6,9-11H,4,7-8H2,1H3,(H,18,22)(H,19,20). The highest BCUT2D eigenvalue weighted by molar-refractivity contribution is 5.90. The van der Waals surface area contributed by atoms with Crippen LogP contribution in [0.25, 0.3) is 11.0 Å². The summed E-state index contributed by atoms with van der Waals surface area (Å²) in [5.41, 5.74) is 2.48. The van der Waals surface area contributed by atoms with Gasteiger partial charge in [-0.25, -0.2) is 4.98 Å². The molecule has 0 radical (unpaired) electrons. The lowest BCUT2D eigenvalue weighted by Crippen LogP contribution is -2.17. The van der Waals surface area contributed by atoms with E-state index in [1.807, 2.05) is 24.3 Å². The number of benzene rings is 1. The van der Waals surface area contributed by atoms with Crippen LogP contribution in [-0.4, -0.2) is 20.4 Å². The number of para-hydroxylation sites is 2. The summed E-state index contributed by atoms with van der Waals surface area (Å²) in [6.45, 7) is 0. The highest BCUT2D eigenvalue weighted by Gasteiger charge is 2.06. The number of fused-ring (bicyclic) bond motifs is 1. The number of aromatic nitrogens is 3. The number of anilines is 1. The molecule has 0 bridgehead atoms. The molecule has 0 unspecified atom stereocenters. The maximum absolute atomic E-state index is 11.9. The number of nitrogens with one attached hydrogen (secondary N) is 2. The number of rotatable bonds is 5. The molecule has 0 spiro atoms. The van der Waals surface area contributed by atoms with Gasteiger partial charge in [-0.2, -0.15) is 0 Å². The zero-order valence-corrected chi connectivity index (χ0v) is 12.9. The van der Waals surface area contributed by atoms with Gasteiger partial charge in [-0.05, 0) is 24.6 Å². The van der Waals surface area contributed by atoms with Crippen molar-refractivity contribution >= 4 is 22.6 Å². The number of carbonyl (C=O) groups excluding carboxylic acids is 1. The van der Waals surface area contributed by atoms with Crippen LogP contribution < -0.4 is 10.9 Å². The molecule has 0 saturated heterocycles. The van der Waals surface area contributed by atoms with E-state index in [1.165, 1.54) is 10.6 Å². The van der Waals surface area contributed by atoms with Gasteiger partial charge in [-0.1, -0.05) is 12.1 Å². The number of pyridine rings is 1. The van der Waals surface area contributed by atoms with Gasteiger partial charge in [0, 0.05) is 32.2 Å². The van der Waals surface area contributed by atoms with Crippen molar-refractivity contribution in [1.29, 1.82) is 0 Å². The molecule has 0 aliphatic rings. The minimum absolute atomic E-state index is 0.0697. The Morgan fingerprint density at radius 2 is 2.09 bits per heavy atom. The Morgan fingerprint density at radius 1 is 1.26 bits per heavy atom. The van der Waals surface area contributed by atoms with Crippen molar-refractivity contribution in [3.63, 3.8) is 0 Å². The Bertz CT molecular complexity index is 862. The highest BCUT2D eigenvalue weighted by atomic mass is 16.1. The van der Waals surface area contributed by atoms with Gasteiger partial charge in [0.1, 0.15) is 5.82 Å². The second-order valence-corrected chi connectivity index (χ2v) is 5.47. The Morgan fingerprint density at radius 3 is 2.87 bits per heavy atom. The first-order valence-electron chi connectivity index (χ1n) is 7.52. The molecular weight excluding hydrogens is 292 g/mol. The van der Waals surface area contributed by atoms with Gasteiger partial charge in [0.05, 0.1) is 16.7 Å². The van der Waals surface area contributed by atoms with Crippen molar-refractivity contribution in [1.82, 2.24) is 14.5 Å². The fraction of sp³-hybridized carbons (Fsp3) is 0.235. The summed E-state index contributed by atoms with van der Waals surface area (Å²) in [7, 11) is 1.65. The summed E-state index contributed by atoms with van der Waals surface area (Å²) in [4.78, 5) is 31.0. The third kappa shape index (κ3) is 3.66. The number of amides is 1. The third-order valence-electron chi connectivity index (χ3n) is 3.63. The van der Waals surface area contributed by atoms with Crippen molar-refractivity contribution in [3.8, 4) is 0 Å². The topological polar surface area (TPSA) is 79.8 Å². The van der Waals surface area contributed by atoms with E-state index in [1.54, 1.807) is 19.3 Å². The molecule has 1 aromatic carbocycles. The maximum atomic E-state index is 11.9. The highest BCUT2D eigenvalue weighted by Crippen LogP contribution is 2.12. The maximum Gasteiger partial charge on any atom is 0.250 e. The van der Waals surface area contributed by atoms with Crippen LogP contribution in [0.3, 0.4) is 0 Å². The zero-order chi connectivity index (χ0) is 16.2. The lowest BCUT2D eigenvalue weighted by molar-refractivity contribution is -0.116. The molecule has 0 aliphatic heterocycles. The number of hydrogen-bond donors (Lipinski definition) is 2. The monoisotopic (exact) mass is 310 g/mol. The molecule has 1 amide bonds. The van der Waals surface area contributed by atoms with E-state index in [-0.39, 0.29) is 11.5 Å². The number of hydrogen-bond acceptors (Lipinski definition) is 3. The van der Waals surface area contributed by atoms with E-state index in [4.69, 9.17) is 0 Å². The SMILES string of the molecule is Cn1cc(NC(=O)CCCc2nc3ccccc3[nH]2)ccc1=O. The van der Waals surface area contributed by atoms with Crippen molar-refractivity contribution in [2.24, 2.45) is 7.05 Å². The Hall–Kier alpha value is -2.89. The van der Waals surface area contributed by atoms with Gasteiger partial charge in [-0.15, -0.1) is 0 Å². The van der Waals surface area contributed by atoms with E-state index in [0.717, 1.165) is 23.3 Å². The number of aromatic amines is 1. The third-order valence-corrected chi connectivity index (χ3v) is 3.63. The van der Waals surface area contributed by atoms with Gasteiger partial charge in [0.25, 0.3) is 0 Å². The Kier molecular flexibility index (Phi) is 4.23. The summed E-state index contributed by atoms with van der Waals surface area (Å²) < 4.78 is 1.43. The van der Waals surface area contributed by atoms with E-state index in [9.17, 15) is 9.59 Å². The molecule has 0 aliphatic carbocycles. The largest absolute Gasteiger partial charge is 0.342 e. The molecular formula is C17H18N4O2. The predicted octanol–water partition coefficient (Wildman–Crippen LogP) is 2.22. The van der Waals surface area contributed by atoms with E-state index < -0.39 is 0 Å². The molecule has 118 valence electrons. The van der Waals surface area contributed by atoms with E-state index in [2.05, 4.69) is 15.3 Å². The van der Waals surface area contributed by atoms with Crippen LogP contribution in [0.2, 0.25) is 0 Å². The molecule has 2 heterocycles. The van der Waals surface area contributed by atoms with Crippen LogP contribution in [0.4, 0.5) is 5.69 Å². The smallest absolute Gasteiger partial charge is 0.250 e. The van der Waals surface area contributed by atoms with Crippen molar-refractivity contribution in [3.05, 3.63) is 58.8 Å². The Labute approximate surface area is 133 Å². The van der Waals surface area contributed by atoms with Crippen LogP contribution in [0, 0.1) is 0 Å². The molecule has 2 N–H and O–H groups in total. The summed E-state index contributed by atoms with van der Waals surface area (Å²) in [6, 6.07) is 10.9. The van der Waals surface area contributed by atoms with Crippen LogP contribution in [0.15, 0.2) is 47.4 Å². The molecule has 6 heteroatoms. The fourth-order valence-electron chi connectivity index (χ4n) is 2.43. The Balaban J connectivity index is 1.52. The van der Waals surface area contributed by atoms with Gasteiger partial charge >= 0.3 is 0 Å². The van der Waals surface area contributed by atoms with E-state index >= 15 is 0 Å². The normalized spacial score (nSPS) is 10.8. The molecule has 2 aromatic heterocycles. The molecule has 3 aromatic rings. The second-order valence-electron chi connectivity index (χ2n) is 5.47. The molecule has 6 nitrogen and oxygen atoms in total. The van der Waals surface area contributed by atoms with Crippen LogP contribution in [0.1, 0.15) is 18.7 Å². The number of aryl methyl sites for hydroxylation is 2. The molecule has 0 atom stereocenters. The average molecular weight is 310 g/mol. The molecule has 0 fully saturated rings. The molecule has 3 rings (SSSR count). The van der Waals surface area contributed by atoms with Crippen molar-refractivity contribution in [2.45, 2.75) is 19.3 Å². The number of imidazole rings is 1. The second kappa shape index (κ2) is 6.48. The first-order chi connectivity index (χ1) is 11.1. The van der Waals surface area contributed by atoms with Crippen molar-refractivity contribution < 1.29 is 4.79 Å². The number of carbonyl (C=O) groups is 1. The van der Waals surface area contributed by atoms with Crippen molar-refractivity contribution in [2.75, 3.05) is 5.32 Å². The summed E-state index contributed by atoms with van der Waals surface area (Å²) in [6.07, 6.45) is 3.44. The minimum atomic E-state index is -0.104. The van der Waals surface area contributed by atoms with Gasteiger partial charge in [-0.3, -0.25) is 9.59 Å². The quantitative estimate of drug-likeness (QED) is 0.758. The minimum Gasteiger partial charge on any atom is -0.342 e. The summed E-state index contributed by atoms with van der Waals surface area (Å²) >= 11 is 0. The lowest BCUT2D eigenvalue weighted by atomic mass is 10.2. The lowest BCUT2D eigenvalue weighted by Gasteiger charge is -2.06. The first kappa shape index (κ1) is 15.0. The van der Waals surface area contributed by atoms with E-state index in [0.29, 0.717) is 18.5 Å². The first-order valence-corrected chi connectivity index (χ1v) is 7.52. The molecule has 23 heavy (non-hydrogen) atoms. The van der Waals surface area contributed by atoms with Gasteiger partial charge < -0.3 is 14.9 Å².